The Hall–Kier alpha value is -1.20. The molecule has 3 rings (SSSR count). The van der Waals surface area contributed by atoms with Crippen LogP contribution in [-0.2, 0) is 6.54 Å². The molecule has 0 unspecified atom stereocenters. The fraction of sp³-hybridized carbons (Fsp3) is 0.750. The Morgan fingerprint density at radius 3 is 2.28 bits per heavy atom. The SMILES string of the molecule is CC1(C)CC(N(Cc2ccccn2)C(=S)NC2CCCCCCC2)CC(C)(C)N1. The van der Waals surface area contributed by atoms with Crippen molar-refractivity contribution in [1.29, 1.82) is 0 Å². The minimum absolute atomic E-state index is 0.0879. The van der Waals surface area contributed by atoms with E-state index in [-0.39, 0.29) is 11.1 Å². The number of nitrogens with zero attached hydrogens (tertiary/aromatic N) is 2. The lowest BCUT2D eigenvalue weighted by Crippen LogP contribution is -2.63. The highest BCUT2D eigenvalue weighted by Gasteiger charge is 2.40. The molecule has 29 heavy (non-hydrogen) atoms. The van der Waals surface area contributed by atoms with E-state index >= 15 is 0 Å². The topological polar surface area (TPSA) is 40.2 Å². The van der Waals surface area contributed by atoms with Crippen LogP contribution in [0.25, 0.3) is 0 Å². The first-order valence-electron chi connectivity index (χ1n) is 11.5. The van der Waals surface area contributed by atoms with Crippen molar-refractivity contribution in [3.05, 3.63) is 30.1 Å². The first kappa shape index (κ1) is 22.5. The van der Waals surface area contributed by atoms with Crippen LogP contribution in [-0.4, -0.2) is 38.2 Å². The highest BCUT2D eigenvalue weighted by molar-refractivity contribution is 7.80. The van der Waals surface area contributed by atoms with E-state index in [9.17, 15) is 0 Å². The predicted octanol–water partition coefficient (Wildman–Crippen LogP) is 5.18. The molecule has 0 aromatic carbocycles. The summed E-state index contributed by atoms with van der Waals surface area (Å²) in [5.41, 5.74) is 1.26. The number of piperidine rings is 1. The van der Waals surface area contributed by atoms with Gasteiger partial charge in [-0.3, -0.25) is 4.98 Å². The zero-order valence-corrected chi connectivity index (χ0v) is 19.7. The van der Waals surface area contributed by atoms with E-state index < -0.39 is 0 Å². The van der Waals surface area contributed by atoms with Gasteiger partial charge < -0.3 is 15.5 Å². The number of rotatable bonds is 4. The van der Waals surface area contributed by atoms with E-state index in [1.165, 1.54) is 44.9 Å². The molecule has 2 N–H and O–H groups in total. The summed E-state index contributed by atoms with van der Waals surface area (Å²) >= 11 is 6.03. The largest absolute Gasteiger partial charge is 0.360 e. The maximum absolute atomic E-state index is 6.03. The van der Waals surface area contributed by atoms with Crippen molar-refractivity contribution in [2.75, 3.05) is 0 Å². The minimum atomic E-state index is 0.0879. The molecule has 0 radical (unpaired) electrons. The maximum Gasteiger partial charge on any atom is 0.169 e. The van der Waals surface area contributed by atoms with Gasteiger partial charge in [0.15, 0.2) is 5.11 Å². The van der Waals surface area contributed by atoms with Crippen LogP contribution in [0.2, 0.25) is 0 Å². The first-order valence-corrected chi connectivity index (χ1v) is 11.9. The molecule has 1 aliphatic heterocycles. The van der Waals surface area contributed by atoms with Gasteiger partial charge >= 0.3 is 0 Å². The quantitative estimate of drug-likeness (QED) is 0.662. The Balaban J connectivity index is 1.77. The highest BCUT2D eigenvalue weighted by atomic mass is 32.1. The number of thiocarbonyl (C=S) groups is 1. The van der Waals surface area contributed by atoms with Crippen LogP contribution in [0.4, 0.5) is 0 Å². The van der Waals surface area contributed by atoms with Gasteiger partial charge in [-0.25, -0.2) is 0 Å². The fourth-order valence-corrected chi connectivity index (χ4v) is 5.76. The third kappa shape index (κ3) is 6.92. The molecule has 0 amide bonds. The summed E-state index contributed by atoms with van der Waals surface area (Å²) in [6, 6.07) is 7.08. The molecule has 1 aromatic heterocycles. The maximum atomic E-state index is 6.03. The molecular weight excluding hydrogens is 376 g/mol. The second kappa shape index (κ2) is 9.74. The molecule has 1 aliphatic carbocycles. The van der Waals surface area contributed by atoms with Crippen molar-refractivity contribution >= 4 is 17.3 Å². The van der Waals surface area contributed by atoms with Crippen LogP contribution >= 0.6 is 12.2 Å². The molecule has 1 aromatic rings. The molecule has 0 atom stereocenters. The van der Waals surface area contributed by atoms with Crippen LogP contribution < -0.4 is 10.6 Å². The van der Waals surface area contributed by atoms with Gasteiger partial charge in [0.1, 0.15) is 0 Å². The van der Waals surface area contributed by atoms with Crippen molar-refractivity contribution in [2.24, 2.45) is 0 Å². The standard InChI is InChI=1S/C24H40N4S/c1-23(2)16-21(17-24(3,4)27-23)28(18-20-14-10-11-15-25-20)22(29)26-19-12-8-6-5-7-9-13-19/h10-11,14-15,19,21,27H,5-9,12-13,16-18H2,1-4H3,(H,26,29). The Bertz CT molecular complexity index is 634. The second-order valence-electron chi connectivity index (χ2n) is 10.4. The molecule has 5 heteroatoms. The van der Waals surface area contributed by atoms with Crippen LogP contribution in [0.15, 0.2) is 24.4 Å². The molecule has 162 valence electrons. The van der Waals surface area contributed by atoms with Crippen molar-refractivity contribution < 1.29 is 0 Å². The molecular formula is C24H40N4S. The molecule has 0 spiro atoms. The average molecular weight is 417 g/mol. The van der Waals surface area contributed by atoms with Crippen molar-refractivity contribution in [3.63, 3.8) is 0 Å². The Labute approximate surface area is 183 Å². The van der Waals surface area contributed by atoms with E-state index in [0.717, 1.165) is 30.2 Å². The summed E-state index contributed by atoms with van der Waals surface area (Å²) in [6.07, 6.45) is 13.3. The van der Waals surface area contributed by atoms with Crippen LogP contribution in [0.3, 0.4) is 0 Å². The number of aromatic nitrogens is 1. The van der Waals surface area contributed by atoms with Gasteiger partial charge in [-0.2, -0.15) is 0 Å². The number of pyridine rings is 1. The van der Waals surface area contributed by atoms with Gasteiger partial charge in [-0.15, -0.1) is 0 Å². The fourth-order valence-electron chi connectivity index (χ4n) is 5.38. The molecule has 2 fully saturated rings. The predicted molar refractivity (Wildman–Crippen MR) is 126 cm³/mol. The Morgan fingerprint density at radius 2 is 1.69 bits per heavy atom. The second-order valence-corrected chi connectivity index (χ2v) is 10.8. The van der Waals surface area contributed by atoms with Gasteiger partial charge in [-0.05, 0) is 77.7 Å². The molecule has 2 heterocycles. The molecule has 1 saturated carbocycles. The number of nitrogens with one attached hydrogen (secondary N) is 2. The normalized spacial score (nSPS) is 23.0. The lowest BCUT2D eigenvalue weighted by molar-refractivity contribution is 0.0985. The van der Waals surface area contributed by atoms with E-state index in [4.69, 9.17) is 12.2 Å². The van der Waals surface area contributed by atoms with E-state index in [1.807, 2.05) is 12.3 Å². The number of hydrogen-bond donors (Lipinski definition) is 2. The lowest BCUT2D eigenvalue weighted by atomic mass is 9.79. The van der Waals surface area contributed by atoms with Crippen molar-refractivity contribution in [3.8, 4) is 0 Å². The van der Waals surface area contributed by atoms with Gasteiger partial charge in [0.05, 0.1) is 12.2 Å². The van der Waals surface area contributed by atoms with Gasteiger partial charge in [0, 0.05) is 29.4 Å². The van der Waals surface area contributed by atoms with Gasteiger partial charge in [0.25, 0.3) is 0 Å². The summed E-state index contributed by atoms with van der Waals surface area (Å²) in [4.78, 5) is 7.03. The molecule has 2 aliphatic rings. The Kier molecular flexibility index (Phi) is 7.55. The molecule has 0 bridgehead atoms. The summed E-state index contributed by atoms with van der Waals surface area (Å²) < 4.78 is 0. The van der Waals surface area contributed by atoms with Crippen LogP contribution in [0, 0.1) is 0 Å². The van der Waals surface area contributed by atoms with Crippen molar-refractivity contribution in [2.45, 2.75) is 115 Å². The lowest BCUT2D eigenvalue weighted by Gasteiger charge is -2.50. The molecule has 1 saturated heterocycles. The summed E-state index contributed by atoms with van der Waals surface area (Å²) in [6.45, 7) is 10.0. The summed E-state index contributed by atoms with van der Waals surface area (Å²) in [5.74, 6) is 0. The highest BCUT2D eigenvalue weighted by Crippen LogP contribution is 2.32. The smallest absolute Gasteiger partial charge is 0.169 e. The third-order valence-electron chi connectivity index (χ3n) is 6.36. The van der Waals surface area contributed by atoms with E-state index in [1.54, 1.807) is 0 Å². The van der Waals surface area contributed by atoms with Crippen molar-refractivity contribution in [1.82, 2.24) is 20.5 Å². The van der Waals surface area contributed by atoms with Crippen LogP contribution in [0.1, 0.15) is 91.2 Å². The monoisotopic (exact) mass is 416 g/mol. The third-order valence-corrected chi connectivity index (χ3v) is 6.71. The zero-order valence-electron chi connectivity index (χ0n) is 18.8. The van der Waals surface area contributed by atoms with Crippen LogP contribution in [0.5, 0.6) is 0 Å². The number of hydrogen-bond acceptors (Lipinski definition) is 3. The summed E-state index contributed by atoms with van der Waals surface area (Å²) in [5, 5.41) is 8.49. The average Bonchev–Trinajstić information content (AvgIpc) is 2.60. The zero-order chi connectivity index (χ0) is 20.9. The minimum Gasteiger partial charge on any atom is -0.360 e. The Morgan fingerprint density at radius 1 is 1.07 bits per heavy atom. The van der Waals surface area contributed by atoms with E-state index in [2.05, 4.69) is 60.3 Å². The van der Waals surface area contributed by atoms with E-state index in [0.29, 0.717) is 12.1 Å². The van der Waals surface area contributed by atoms with Gasteiger partial charge in [0.2, 0.25) is 0 Å². The molecule has 4 nitrogen and oxygen atoms in total. The first-order chi connectivity index (χ1) is 13.7. The summed E-state index contributed by atoms with van der Waals surface area (Å²) in [7, 11) is 0. The van der Waals surface area contributed by atoms with Gasteiger partial charge in [-0.1, -0.05) is 38.2 Å².